The number of halogens is 2. The molecule has 0 unspecified atom stereocenters. The highest BCUT2D eigenvalue weighted by Gasteiger charge is 2.25. The first-order chi connectivity index (χ1) is 16.0. The standard InChI is InChI=1S/C27H26BrFN2O2/c1-16(31-25-15-27(32)33-26-13-19(28)6-8-22(25)26)12-17-2-4-18(5-3-17)21-10-11-30-24-9-7-20(29)14-23(21)24/h6-11,13-18,31H,2-5,12H2,1H3/t16-,17-,18+/m1/s1. The second-order valence-corrected chi connectivity index (χ2v) is 10.1. The molecule has 5 rings (SSSR count). The van der Waals surface area contributed by atoms with E-state index in [9.17, 15) is 9.18 Å². The van der Waals surface area contributed by atoms with Crippen LogP contribution in [0, 0.1) is 11.7 Å². The van der Waals surface area contributed by atoms with E-state index in [1.165, 1.54) is 17.7 Å². The summed E-state index contributed by atoms with van der Waals surface area (Å²) in [5.74, 6) is 0.854. The Morgan fingerprint density at radius 2 is 1.91 bits per heavy atom. The number of nitrogens with one attached hydrogen (secondary N) is 1. The smallest absolute Gasteiger partial charge is 0.338 e. The fraction of sp³-hybridized carbons (Fsp3) is 0.333. The molecule has 4 nitrogen and oxygen atoms in total. The second kappa shape index (κ2) is 9.26. The van der Waals surface area contributed by atoms with Crippen LogP contribution in [0.5, 0.6) is 0 Å². The Kier molecular flexibility index (Phi) is 6.19. The van der Waals surface area contributed by atoms with Crippen molar-refractivity contribution in [1.29, 1.82) is 0 Å². The first-order valence-electron chi connectivity index (χ1n) is 11.5. The molecular formula is C27H26BrFN2O2. The zero-order chi connectivity index (χ0) is 22.9. The number of pyridine rings is 1. The maximum atomic E-state index is 13.8. The molecule has 0 saturated heterocycles. The first-order valence-corrected chi connectivity index (χ1v) is 12.3. The molecule has 0 aliphatic heterocycles. The van der Waals surface area contributed by atoms with E-state index in [4.69, 9.17) is 4.42 Å². The number of fused-ring (bicyclic) bond motifs is 2. The van der Waals surface area contributed by atoms with Gasteiger partial charge in [-0.05, 0) is 98.9 Å². The van der Waals surface area contributed by atoms with E-state index in [0.717, 1.165) is 58.6 Å². The summed E-state index contributed by atoms with van der Waals surface area (Å²) in [4.78, 5) is 16.4. The maximum absolute atomic E-state index is 13.8. The van der Waals surface area contributed by atoms with Crippen molar-refractivity contribution in [3.63, 3.8) is 0 Å². The number of aromatic nitrogens is 1. The summed E-state index contributed by atoms with van der Waals surface area (Å²) < 4.78 is 20.1. The molecule has 0 amide bonds. The summed E-state index contributed by atoms with van der Waals surface area (Å²) in [7, 11) is 0. The Bertz CT molecular complexity index is 1360. The topological polar surface area (TPSA) is 55.1 Å². The lowest BCUT2D eigenvalue weighted by atomic mass is 9.76. The number of hydrogen-bond donors (Lipinski definition) is 1. The van der Waals surface area contributed by atoms with Gasteiger partial charge in [0.15, 0.2) is 0 Å². The zero-order valence-electron chi connectivity index (χ0n) is 18.5. The van der Waals surface area contributed by atoms with Crippen molar-refractivity contribution in [2.45, 2.75) is 51.0 Å². The monoisotopic (exact) mass is 508 g/mol. The third kappa shape index (κ3) is 4.81. The van der Waals surface area contributed by atoms with Crippen LogP contribution in [0.1, 0.15) is 50.5 Å². The van der Waals surface area contributed by atoms with Crippen molar-refractivity contribution in [1.82, 2.24) is 4.98 Å². The first kappa shape index (κ1) is 22.1. The summed E-state index contributed by atoms with van der Waals surface area (Å²) in [5, 5.41) is 5.39. The lowest BCUT2D eigenvalue weighted by Crippen LogP contribution is -2.23. The third-order valence-corrected chi connectivity index (χ3v) is 7.31. The van der Waals surface area contributed by atoms with Gasteiger partial charge in [0, 0.05) is 33.6 Å². The maximum Gasteiger partial charge on any atom is 0.338 e. The van der Waals surface area contributed by atoms with Crippen molar-refractivity contribution >= 4 is 43.5 Å². The molecule has 1 fully saturated rings. The van der Waals surface area contributed by atoms with Crippen molar-refractivity contribution in [2.75, 3.05) is 5.32 Å². The van der Waals surface area contributed by atoms with Gasteiger partial charge in [-0.2, -0.15) is 0 Å². The number of benzene rings is 2. The molecule has 4 aromatic rings. The quantitative estimate of drug-likeness (QED) is 0.285. The van der Waals surface area contributed by atoms with Gasteiger partial charge < -0.3 is 9.73 Å². The molecule has 170 valence electrons. The Hall–Kier alpha value is -2.73. The number of anilines is 1. The summed E-state index contributed by atoms with van der Waals surface area (Å²) in [6.45, 7) is 2.17. The minimum absolute atomic E-state index is 0.208. The Labute approximate surface area is 200 Å². The van der Waals surface area contributed by atoms with E-state index < -0.39 is 0 Å². The van der Waals surface area contributed by atoms with Crippen LogP contribution in [0.15, 0.2) is 68.4 Å². The summed E-state index contributed by atoms with van der Waals surface area (Å²) in [6.07, 6.45) is 7.35. The van der Waals surface area contributed by atoms with Gasteiger partial charge in [0.2, 0.25) is 0 Å². The molecule has 0 radical (unpaired) electrons. The van der Waals surface area contributed by atoms with E-state index >= 15 is 0 Å². The van der Waals surface area contributed by atoms with Crippen molar-refractivity contribution in [3.8, 4) is 0 Å². The van der Waals surface area contributed by atoms with Gasteiger partial charge in [0.05, 0.1) is 11.2 Å². The zero-order valence-corrected chi connectivity index (χ0v) is 20.1. The van der Waals surface area contributed by atoms with Crippen LogP contribution in [0.25, 0.3) is 21.9 Å². The van der Waals surface area contributed by atoms with Gasteiger partial charge in [-0.1, -0.05) is 15.9 Å². The van der Waals surface area contributed by atoms with E-state index in [1.807, 2.05) is 24.4 Å². The number of rotatable bonds is 5. The normalized spacial score (nSPS) is 19.6. The second-order valence-electron chi connectivity index (χ2n) is 9.18. The highest BCUT2D eigenvalue weighted by Crippen LogP contribution is 2.40. The van der Waals surface area contributed by atoms with Gasteiger partial charge >= 0.3 is 5.63 Å². The molecule has 6 heteroatoms. The summed E-state index contributed by atoms with van der Waals surface area (Å²) in [5.41, 5.74) is 3.13. The lowest BCUT2D eigenvalue weighted by molar-refractivity contribution is 0.302. The van der Waals surface area contributed by atoms with Crippen LogP contribution >= 0.6 is 15.9 Å². The van der Waals surface area contributed by atoms with Gasteiger partial charge in [-0.25, -0.2) is 9.18 Å². The van der Waals surface area contributed by atoms with Gasteiger partial charge in [-0.3, -0.25) is 4.98 Å². The van der Waals surface area contributed by atoms with E-state index in [1.54, 1.807) is 12.1 Å². The minimum Gasteiger partial charge on any atom is -0.423 e. The molecule has 1 saturated carbocycles. The van der Waals surface area contributed by atoms with Crippen molar-refractivity contribution in [3.05, 3.63) is 81.0 Å². The van der Waals surface area contributed by atoms with Gasteiger partial charge in [0.1, 0.15) is 11.4 Å². The van der Waals surface area contributed by atoms with E-state index in [0.29, 0.717) is 17.4 Å². The lowest BCUT2D eigenvalue weighted by Gasteiger charge is -2.31. The fourth-order valence-electron chi connectivity index (χ4n) is 5.29. The number of hydrogen-bond acceptors (Lipinski definition) is 4. The van der Waals surface area contributed by atoms with Gasteiger partial charge in [-0.15, -0.1) is 0 Å². The summed E-state index contributed by atoms with van der Waals surface area (Å²) in [6, 6.07) is 14.4. The number of nitrogens with zero attached hydrogens (tertiary/aromatic N) is 1. The molecule has 2 aromatic heterocycles. The fourth-order valence-corrected chi connectivity index (χ4v) is 5.63. The highest BCUT2D eigenvalue weighted by atomic mass is 79.9. The summed E-state index contributed by atoms with van der Waals surface area (Å²) >= 11 is 3.43. The largest absolute Gasteiger partial charge is 0.423 e. The molecular weight excluding hydrogens is 483 g/mol. The Morgan fingerprint density at radius 1 is 1.09 bits per heavy atom. The molecule has 1 atom stereocenters. The third-order valence-electron chi connectivity index (χ3n) is 6.82. The van der Waals surface area contributed by atoms with Crippen molar-refractivity contribution < 1.29 is 8.81 Å². The molecule has 1 aliphatic rings. The molecule has 0 bridgehead atoms. The Morgan fingerprint density at radius 3 is 2.73 bits per heavy atom. The molecule has 33 heavy (non-hydrogen) atoms. The Balaban J connectivity index is 1.25. The average Bonchev–Trinajstić information content (AvgIpc) is 2.78. The molecule has 2 heterocycles. The SMILES string of the molecule is C[C@H](C[C@H]1CC[C@@H](c2ccnc3ccc(F)cc32)CC1)Nc1cc(=O)oc2cc(Br)ccc12. The van der Waals surface area contributed by atoms with Crippen LogP contribution in [-0.2, 0) is 0 Å². The van der Waals surface area contributed by atoms with E-state index in [2.05, 4.69) is 39.2 Å². The minimum atomic E-state index is -0.350. The van der Waals surface area contributed by atoms with Crippen LogP contribution in [0.3, 0.4) is 0 Å². The predicted molar refractivity (Wildman–Crippen MR) is 134 cm³/mol. The van der Waals surface area contributed by atoms with Crippen LogP contribution in [-0.4, -0.2) is 11.0 Å². The average molecular weight is 509 g/mol. The van der Waals surface area contributed by atoms with Crippen LogP contribution < -0.4 is 10.9 Å². The molecule has 1 aliphatic carbocycles. The van der Waals surface area contributed by atoms with Crippen LogP contribution in [0.2, 0.25) is 0 Å². The van der Waals surface area contributed by atoms with Crippen molar-refractivity contribution in [2.24, 2.45) is 5.92 Å². The highest BCUT2D eigenvalue weighted by molar-refractivity contribution is 9.10. The molecule has 1 N–H and O–H groups in total. The molecule has 2 aromatic carbocycles. The van der Waals surface area contributed by atoms with Gasteiger partial charge in [0.25, 0.3) is 0 Å². The molecule has 0 spiro atoms. The van der Waals surface area contributed by atoms with E-state index in [-0.39, 0.29) is 17.5 Å². The van der Waals surface area contributed by atoms with Crippen LogP contribution in [0.4, 0.5) is 10.1 Å². The predicted octanol–water partition coefficient (Wildman–Crippen LogP) is 7.41.